The molecule has 0 aliphatic rings. The molecule has 3 rings (SSSR count). The summed E-state index contributed by atoms with van der Waals surface area (Å²) in [6.45, 7) is 0. The summed E-state index contributed by atoms with van der Waals surface area (Å²) in [5.74, 6) is 1.04. The molecule has 0 aliphatic heterocycles. The van der Waals surface area contributed by atoms with Crippen LogP contribution in [0.5, 0.6) is 11.5 Å². The zero-order valence-electron chi connectivity index (χ0n) is 11.0. The summed E-state index contributed by atoms with van der Waals surface area (Å²) in [7, 11) is 1.53. The second-order valence-corrected chi connectivity index (χ2v) is 4.43. The molecule has 2 aromatic carbocycles. The van der Waals surface area contributed by atoms with Crippen LogP contribution < -0.4 is 4.74 Å². The molecule has 0 radical (unpaired) electrons. The lowest BCUT2D eigenvalue weighted by molar-refractivity contribution is -0.384. The molecule has 0 amide bonds. The Morgan fingerprint density at radius 3 is 2.81 bits per heavy atom. The molecular weight excluding hydrogens is 274 g/mol. The molecule has 106 valence electrons. The number of hydrogen-bond donors (Lipinski definition) is 2. The molecule has 1 aromatic heterocycles. The van der Waals surface area contributed by atoms with Crippen LogP contribution in [0.1, 0.15) is 0 Å². The van der Waals surface area contributed by atoms with Crippen LogP contribution in [0, 0.1) is 10.1 Å². The zero-order valence-corrected chi connectivity index (χ0v) is 11.0. The molecule has 0 spiro atoms. The smallest absolute Gasteiger partial charge is 0.271 e. The Hall–Kier alpha value is -3.09. The van der Waals surface area contributed by atoms with Gasteiger partial charge < -0.3 is 14.8 Å². The zero-order chi connectivity index (χ0) is 15.0. The Morgan fingerprint density at radius 1 is 1.29 bits per heavy atom. The van der Waals surface area contributed by atoms with E-state index in [0.29, 0.717) is 28.2 Å². The molecule has 21 heavy (non-hydrogen) atoms. The second kappa shape index (κ2) is 4.78. The molecule has 0 atom stereocenters. The number of H-pyrrole nitrogens is 1. The Labute approximate surface area is 119 Å². The van der Waals surface area contributed by atoms with E-state index >= 15 is 0 Å². The average Bonchev–Trinajstić information content (AvgIpc) is 2.90. The van der Waals surface area contributed by atoms with Crippen LogP contribution in [0.4, 0.5) is 5.69 Å². The third-order valence-corrected chi connectivity index (χ3v) is 3.14. The first kappa shape index (κ1) is 12.9. The van der Waals surface area contributed by atoms with Gasteiger partial charge in [0.05, 0.1) is 28.6 Å². The van der Waals surface area contributed by atoms with Crippen molar-refractivity contribution in [2.24, 2.45) is 0 Å². The number of rotatable bonds is 3. The first-order valence-corrected chi connectivity index (χ1v) is 6.10. The van der Waals surface area contributed by atoms with Gasteiger partial charge in [-0.1, -0.05) is 0 Å². The van der Waals surface area contributed by atoms with E-state index in [9.17, 15) is 15.2 Å². The van der Waals surface area contributed by atoms with Gasteiger partial charge in [0.25, 0.3) is 5.69 Å². The number of methoxy groups -OCH3 is 1. The molecule has 3 aromatic rings. The summed E-state index contributed by atoms with van der Waals surface area (Å²) in [4.78, 5) is 17.6. The van der Waals surface area contributed by atoms with Crippen molar-refractivity contribution in [3.05, 3.63) is 46.5 Å². The lowest BCUT2D eigenvalue weighted by atomic mass is 10.2. The fourth-order valence-electron chi connectivity index (χ4n) is 2.07. The number of nitrogens with one attached hydrogen (secondary N) is 1. The predicted molar refractivity (Wildman–Crippen MR) is 76.4 cm³/mol. The fourth-order valence-corrected chi connectivity index (χ4v) is 2.07. The van der Waals surface area contributed by atoms with E-state index in [1.165, 1.54) is 25.3 Å². The Bertz CT molecular complexity index is 841. The number of aromatic hydroxyl groups is 1. The second-order valence-electron chi connectivity index (χ2n) is 4.43. The van der Waals surface area contributed by atoms with Gasteiger partial charge in [-0.15, -0.1) is 0 Å². The lowest BCUT2D eigenvalue weighted by Crippen LogP contribution is -1.86. The molecule has 0 fully saturated rings. The summed E-state index contributed by atoms with van der Waals surface area (Å²) < 4.78 is 5.11. The van der Waals surface area contributed by atoms with E-state index < -0.39 is 4.92 Å². The molecule has 0 saturated heterocycles. The number of aromatic amines is 1. The first-order valence-electron chi connectivity index (χ1n) is 6.10. The van der Waals surface area contributed by atoms with E-state index in [-0.39, 0.29) is 11.4 Å². The number of nitro groups is 1. The molecule has 7 nitrogen and oxygen atoms in total. The number of non-ortho nitro benzene ring substituents is 1. The molecule has 0 bridgehead atoms. The third kappa shape index (κ3) is 2.25. The van der Waals surface area contributed by atoms with Crippen LogP contribution in [0.15, 0.2) is 36.4 Å². The highest BCUT2D eigenvalue weighted by Crippen LogP contribution is 2.32. The first-order chi connectivity index (χ1) is 10.1. The molecule has 0 saturated carbocycles. The van der Waals surface area contributed by atoms with E-state index in [1.807, 2.05) is 0 Å². The highest BCUT2D eigenvalue weighted by atomic mass is 16.6. The summed E-state index contributed by atoms with van der Waals surface area (Å²) in [5.41, 5.74) is 1.56. The van der Waals surface area contributed by atoms with E-state index in [1.54, 1.807) is 18.2 Å². The van der Waals surface area contributed by atoms with Gasteiger partial charge in [-0.05, 0) is 24.3 Å². The topological polar surface area (TPSA) is 101 Å². The summed E-state index contributed by atoms with van der Waals surface area (Å²) in [5, 5.41) is 20.7. The standard InChI is InChI=1S/C14H11N3O4/c1-21-9-3-5-13(18)10(7-9)14-15-11-4-2-8(17(19)20)6-12(11)16-14/h2-7,18H,1H3,(H,15,16). The van der Waals surface area contributed by atoms with Crippen LogP contribution in [-0.4, -0.2) is 27.1 Å². The van der Waals surface area contributed by atoms with E-state index in [4.69, 9.17) is 4.74 Å². The van der Waals surface area contributed by atoms with Gasteiger partial charge in [-0.25, -0.2) is 4.98 Å². The summed E-state index contributed by atoms with van der Waals surface area (Å²) >= 11 is 0. The van der Waals surface area contributed by atoms with Gasteiger partial charge in [0.1, 0.15) is 17.3 Å². The molecule has 0 unspecified atom stereocenters. The summed E-state index contributed by atoms with van der Waals surface area (Å²) in [6, 6.07) is 9.13. The monoisotopic (exact) mass is 285 g/mol. The van der Waals surface area contributed by atoms with Crippen molar-refractivity contribution in [3.63, 3.8) is 0 Å². The number of nitro benzene ring substituents is 1. The van der Waals surface area contributed by atoms with Gasteiger partial charge in [-0.2, -0.15) is 0 Å². The van der Waals surface area contributed by atoms with Gasteiger partial charge in [0.2, 0.25) is 0 Å². The Balaban J connectivity index is 2.15. The fraction of sp³-hybridized carbons (Fsp3) is 0.0714. The van der Waals surface area contributed by atoms with Gasteiger partial charge in [0, 0.05) is 12.1 Å². The van der Waals surface area contributed by atoms with Gasteiger partial charge in [0.15, 0.2) is 0 Å². The van der Waals surface area contributed by atoms with Crippen molar-refractivity contribution in [1.82, 2.24) is 9.97 Å². The highest BCUT2D eigenvalue weighted by molar-refractivity contribution is 5.82. The number of aromatic nitrogens is 2. The van der Waals surface area contributed by atoms with Crippen molar-refractivity contribution in [3.8, 4) is 22.9 Å². The number of fused-ring (bicyclic) bond motifs is 1. The molecule has 2 N–H and O–H groups in total. The molecule has 1 heterocycles. The van der Waals surface area contributed by atoms with E-state index in [0.717, 1.165) is 0 Å². The Morgan fingerprint density at radius 2 is 2.10 bits per heavy atom. The van der Waals surface area contributed by atoms with E-state index in [2.05, 4.69) is 9.97 Å². The van der Waals surface area contributed by atoms with Gasteiger partial charge in [-0.3, -0.25) is 10.1 Å². The third-order valence-electron chi connectivity index (χ3n) is 3.14. The number of benzene rings is 2. The minimum Gasteiger partial charge on any atom is -0.507 e. The SMILES string of the molecule is COc1ccc(O)c(-c2nc3ccc([N+](=O)[O-])cc3[nH]2)c1. The van der Waals surface area contributed by atoms with Crippen LogP contribution in [0.3, 0.4) is 0 Å². The maximum atomic E-state index is 10.8. The van der Waals surface area contributed by atoms with Crippen LogP contribution in [0.2, 0.25) is 0 Å². The Kier molecular flexibility index (Phi) is 2.94. The summed E-state index contributed by atoms with van der Waals surface area (Å²) in [6.07, 6.45) is 0. The normalized spacial score (nSPS) is 10.7. The van der Waals surface area contributed by atoms with Crippen molar-refractivity contribution in [2.75, 3.05) is 7.11 Å². The quantitative estimate of drug-likeness (QED) is 0.569. The number of phenolic OH excluding ortho intramolecular Hbond substituents is 1. The van der Waals surface area contributed by atoms with Crippen molar-refractivity contribution in [2.45, 2.75) is 0 Å². The largest absolute Gasteiger partial charge is 0.507 e. The lowest BCUT2D eigenvalue weighted by Gasteiger charge is -2.04. The molecular formula is C14H11N3O4. The van der Waals surface area contributed by atoms with Crippen molar-refractivity contribution >= 4 is 16.7 Å². The van der Waals surface area contributed by atoms with Crippen molar-refractivity contribution in [1.29, 1.82) is 0 Å². The number of hydrogen-bond acceptors (Lipinski definition) is 5. The average molecular weight is 285 g/mol. The van der Waals surface area contributed by atoms with Crippen LogP contribution in [0.25, 0.3) is 22.4 Å². The van der Waals surface area contributed by atoms with Gasteiger partial charge >= 0.3 is 0 Å². The maximum Gasteiger partial charge on any atom is 0.271 e. The predicted octanol–water partition coefficient (Wildman–Crippen LogP) is 2.85. The van der Waals surface area contributed by atoms with Crippen molar-refractivity contribution < 1.29 is 14.8 Å². The molecule has 0 aliphatic carbocycles. The highest BCUT2D eigenvalue weighted by Gasteiger charge is 2.13. The number of ether oxygens (including phenoxy) is 1. The number of phenols is 1. The minimum atomic E-state index is -0.469. The maximum absolute atomic E-state index is 10.8. The number of nitrogens with zero attached hydrogens (tertiary/aromatic N) is 2. The number of imidazole rings is 1. The van der Waals surface area contributed by atoms with Crippen LogP contribution >= 0.6 is 0 Å². The molecule has 7 heteroatoms. The minimum absolute atomic E-state index is 0.0208. The van der Waals surface area contributed by atoms with Crippen LogP contribution in [-0.2, 0) is 0 Å².